The maximum absolute atomic E-state index is 11.9. The van der Waals surface area contributed by atoms with Gasteiger partial charge in [-0.05, 0) is 49.3 Å². The van der Waals surface area contributed by atoms with Gasteiger partial charge in [0.05, 0.1) is 13.0 Å². The first-order valence-electron chi connectivity index (χ1n) is 5.89. The van der Waals surface area contributed by atoms with E-state index in [4.69, 9.17) is 4.74 Å². The molecule has 92 valence electrons. The number of ether oxygens (including phenoxy) is 1. The van der Waals surface area contributed by atoms with Gasteiger partial charge in [0.2, 0.25) is 0 Å². The number of hydrogen-bond donors (Lipinski definition) is 0. The Bertz CT molecular complexity index is 427. The number of benzene rings is 1. The Morgan fingerprint density at radius 2 is 1.88 bits per heavy atom. The SMILES string of the molecule is COC(=O)C(c1cc(C)c(Br)c(C)c1)C1CC1. The molecule has 0 aliphatic heterocycles. The zero-order valence-electron chi connectivity index (χ0n) is 10.4. The van der Waals surface area contributed by atoms with Crippen molar-refractivity contribution in [3.8, 4) is 0 Å². The highest BCUT2D eigenvalue weighted by molar-refractivity contribution is 9.10. The van der Waals surface area contributed by atoms with E-state index < -0.39 is 0 Å². The summed E-state index contributed by atoms with van der Waals surface area (Å²) in [5.74, 6) is 0.293. The Morgan fingerprint density at radius 3 is 2.29 bits per heavy atom. The lowest BCUT2D eigenvalue weighted by Gasteiger charge is -2.16. The first kappa shape index (κ1) is 12.6. The molecule has 2 rings (SSSR count). The Labute approximate surface area is 110 Å². The standard InChI is InChI=1S/C14H17BrO2/c1-8-6-11(7-9(2)13(8)15)12(10-4-5-10)14(16)17-3/h6-7,10,12H,4-5H2,1-3H3. The molecule has 1 aromatic rings. The highest BCUT2D eigenvalue weighted by atomic mass is 79.9. The van der Waals surface area contributed by atoms with Crippen molar-refractivity contribution in [2.24, 2.45) is 5.92 Å². The number of methoxy groups -OCH3 is 1. The summed E-state index contributed by atoms with van der Waals surface area (Å²) >= 11 is 3.55. The monoisotopic (exact) mass is 296 g/mol. The van der Waals surface area contributed by atoms with E-state index in [1.807, 2.05) is 0 Å². The van der Waals surface area contributed by atoms with Crippen LogP contribution < -0.4 is 0 Å². The zero-order chi connectivity index (χ0) is 12.6. The van der Waals surface area contributed by atoms with Crippen molar-refractivity contribution in [3.63, 3.8) is 0 Å². The van der Waals surface area contributed by atoms with Crippen LogP contribution in [-0.2, 0) is 9.53 Å². The predicted molar refractivity (Wildman–Crippen MR) is 71.1 cm³/mol. The molecule has 17 heavy (non-hydrogen) atoms. The quantitative estimate of drug-likeness (QED) is 0.795. The maximum Gasteiger partial charge on any atom is 0.313 e. The van der Waals surface area contributed by atoms with Gasteiger partial charge >= 0.3 is 5.97 Å². The van der Waals surface area contributed by atoms with Crippen LogP contribution in [0.5, 0.6) is 0 Å². The van der Waals surface area contributed by atoms with E-state index in [0.717, 1.165) is 22.9 Å². The molecule has 0 saturated heterocycles. The van der Waals surface area contributed by atoms with Crippen LogP contribution in [-0.4, -0.2) is 13.1 Å². The lowest BCUT2D eigenvalue weighted by Crippen LogP contribution is -2.16. The fraction of sp³-hybridized carbons (Fsp3) is 0.500. The van der Waals surface area contributed by atoms with E-state index in [1.165, 1.54) is 18.2 Å². The summed E-state index contributed by atoms with van der Waals surface area (Å²) in [7, 11) is 1.47. The fourth-order valence-electron chi connectivity index (χ4n) is 2.32. The second-order valence-electron chi connectivity index (χ2n) is 4.81. The van der Waals surface area contributed by atoms with Gasteiger partial charge < -0.3 is 4.74 Å². The minimum Gasteiger partial charge on any atom is -0.469 e. The Balaban J connectivity index is 2.39. The third-order valence-electron chi connectivity index (χ3n) is 3.37. The van der Waals surface area contributed by atoms with Crippen LogP contribution in [0.4, 0.5) is 0 Å². The molecule has 0 radical (unpaired) electrons. The van der Waals surface area contributed by atoms with Crippen LogP contribution in [0.2, 0.25) is 0 Å². The van der Waals surface area contributed by atoms with E-state index in [1.54, 1.807) is 0 Å². The summed E-state index contributed by atoms with van der Waals surface area (Å²) < 4.78 is 6.05. The van der Waals surface area contributed by atoms with Gasteiger partial charge in [0.1, 0.15) is 0 Å². The van der Waals surface area contributed by atoms with Crippen LogP contribution in [0.15, 0.2) is 16.6 Å². The van der Waals surface area contributed by atoms with E-state index in [0.29, 0.717) is 5.92 Å². The number of esters is 1. The number of rotatable bonds is 3. The Kier molecular flexibility index (Phi) is 3.57. The molecule has 3 heteroatoms. The lowest BCUT2D eigenvalue weighted by molar-refractivity contribution is -0.143. The van der Waals surface area contributed by atoms with Gasteiger partial charge in [-0.15, -0.1) is 0 Å². The van der Waals surface area contributed by atoms with Crippen molar-refractivity contribution in [2.45, 2.75) is 32.6 Å². The fourth-order valence-corrected chi connectivity index (χ4v) is 2.55. The Morgan fingerprint density at radius 1 is 1.35 bits per heavy atom. The van der Waals surface area contributed by atoms with Gasteiger partial charge in [-0.2, -0.15) is 0 Å². The molecule has 2 nitrogen and oxygen atoms in total. The van der Waals surface area contributed by atoms with E-state index in [9.17, 15) is 4.79 Å². The Hall–Kier alpha value is -0.830. The van der Waals surface area contributed by atoms with Gasteiger partial charge in [0, 0.05) is 4.47 Å². The smallest absolute Gasteiger partial charge is 0.313 e. The number of carbonyl (C=O) groups is 1. The molecular weight excluding hydrogens is 280 g/mol. The summed E-state index contributed by atoms with van der Waals surface area (Å²) in [4.78, 5) is 11.9. The van der Waals surface area contributed by atoms with Crippen molar-refractivity contribution in [1.82, 2.24) is 0 Å². The lowest BCUT2D eigenvalue weighted by atomic mass is 9.91. The first-order chi connectivity index (χ1) is 8.04. The molecule has 1 fully saturated rings. The molecular formula is C14H17BrO2. The summed E-state index contributed by atoms with van der Waals surface area (Å²) in [5, 5.41) is 0. The third kappa shape index (κ3) is 2.54. The zero-order valence-corrected chi connectivity index (χ0v) is 12.0. The third-order valence-corrected chi connectivity index (χ3v) is 4.62. The van der Waals surface area contributed by atoms with Crippen molar-refractivity contribution in [1.29, 1.82) is 0 Å². The highest BCUT2D eigenvalue weighted by Crippen LogP contribution is 2.44. The molecule has 0 heterocycles. The summed E-state index contributed by atoms with van der Waals surface area (Å²) in [5.41, 5.74) is 3.45. The summed E-state index contributed by atoms with van der Waals surface area (Å²) in [6.45, 7) is 4.11. The molecule has 0 bridgehead atoms. The maximum atomic E-state index is 11.9. The summed E-state index contributed by atoms with van der Waals surface area (Å²) in [6.07, 6.45) is 2.27. The minimum atomic E-state index is -0.103. The average Bonchev–Trinajstić information content (AvgIpc) is 3.10. The van der Waals surface area contributed by atoms with Crippen molar-refractivity contribution in [3.05, 3.63) is 33.3 Å². The van der Waals surface area contributed by atoms with Crippen molar-refractivity contribution >= 4 is 21.9 Å². The molecule has 1 atom stereocenters. The first-order valence-corrected chi connectivity index (χ1v) is 6.68. The average molecular weight is 297 g/mol. The number of aryl methyl sites for hydroxylation is 2. The van der Waals surface area contributed by atoms with E-state index >= 15 is 0 Å². The van der Waals surface area contributed by atoms with Crippen LogP contribution in [0.3, 0.4) is 0 Å². The van der Waals surface area contributed by atoms with Gasteiger partial charge in [-0.3, -0.25) is 4.79 Å². The molecule has 0 amide bonds. The molecule has 0 N–H and O–H groups in total. The van der Waals surface area contributed by atoms with Crippen molar-refractivity contribution < 1.29 is 9.53 Å². The van der Waals surface area contributed by atoms with Crippen molar-refractivity contribution in [2.75, 3.05) is 7.11 Å². The van der Waals surface area contributed by atoms with E-state index in [2.05, 4.69) is 41.9 Å². The molecule has 1 aromatic carbocycles. The van der Waals surface area contributed by atoms with Crippen LogP contribution in [0.25, 0.3) is 0 Å². The topological polar surface area (TPSA) is 26.3 Å². The van der Waals surface area contributed by atoms with E-state index in [-0.39, 0.29) is 11.9 Å². The predicted octanol–water partition coefficient (Wildman–Crippen LogP) is 3.73. The molecule has 1 unspecified atom stereocenters. The molecule has 0 spiro atoms. The molecule has 0 aromatic heterocycles. The summed E-state index contributed by atoms with van der Waals surface area (Å²) in [6, 6.07) is 4.19. The molecule has 1 saturated carbocycles. The number of halogens is 1. The van der Waals surface area contributed by atoms with Gasteiger partial charge in [0.25, 0.3) is 0 Å². The molecule has 1 aliphatic rings. The number of hydrogen-bond acceptors (Lipinski definition) is 2. The van der Waals surface area contributed by atoms with Crippen LogP contribution >= 0.6 is 15.9 Å². The second-order valence-corrected chi connectivity index (χ2v) is 5.60. The minimum absolute atomic E-state index is 0.0782. The highest BCUT2D eigenvalue weighted by Gasteiger charge is 2.38. The van der Waals surface area contributed by atoms with Crippen LogP contribution in [0, 0.1) is 19.8 Å². The number of carbonyl (C=O) groups excluding carboxylic acids is 1. The van der Waals surface area contributed by atoms with Crippen LogP contribution in [0.1, 0.15) is 35.4 Å². The van der Waals surface area contributed by atoms with Gasteiger partial charge in [-0.1, -0.05) is 28.1 Å². The largest absolute Gasteiger partial charge is 0.469 e. The van der Waals surface area contributed by atoms with Gasteiger partial charge in [-0.25, -0.2) is 0 Å². The molecule has 1 aliphatic carbocycles. The normalized spacial score (nSPS) is 16.7. The van der Waals surface area contributed by atoms with Gasteiger partial charge in [0.15, 0.2) is 0 Å². The second kappa shape index (κ2) is 4.81.